The minimum Gasteiger partial charge on any atom is -0.494 e. The fourth-order valence-corrected chi connectivity index (χ4v) is 2.78. The van der Waals surface area contributed by atoms with Gasteiger partial charge in [-0.25, -0.2) is 0 Å². The number of carbonyl (C=O) groups is 1. The predicted octanol–water partition coefficient (Wildman–Crippen LogP) is 3.29. The Kier molecular flexibility index (Phi) is 8.52. The van der Waals surface area contributed by atoms with Crippen LogP contribution in [0.2, 0.25) is 0 Å². The highest BCUT2D eigenvalue weighted by Gasteiger charge is 2.22. The first kappa shape index (κ1) is 21.1. The van der Waals surface area contributed by atoms with Crippen molar-refractivity contribution in [3.8, 4) is 5.75 Å². The van der Waals surface area contributed by atoms with Crippen LogP contribution < -0.4 is 9.64 Å². The Hall–Kier alpha value is -1.98. The van der Waals surface area contributed by atoms with Gasteiger partial charge in [0.15, 0.2) is 0 Å². The first-order valence-electron chi connectivity index (χ1n) is 7.95. The van der Waals surface area contributed by atoms with E-state index in [0.29, 0.717) is 25.3 Å². The molecule has 136 valence electrons. The van der Waals surface area contributed by atoms with Crippen LogP contribution in [0.25, 0.3) is 0 Å². The van der Waals surface area contributed by atoms with Crippen LogP contribution in [0.5, 0.6) is 5.75 Å². The molecule has 0 radical (unpaired) electrons. The molecule has 0 unspecified atom stereocenters. The van der Waals surface area contributed by atoms with Crippen molar-refractivity contribution in [2.45, 2.75) is 6.92 Å². The van der Waals surface area contributed by atoms with Crippen molar-refractivity contribution in [1.82, 2.24) is 9.88 Å². The Labute approximate surface area is 160 Å². The molecule has 1 aliphatic heterocycles. The number of anilines is 1. The van der Waals surface area contributed by atoms with Gasteiger partial charge in [-0.2, -0.15) is 0 Å². The average Bonchev–Trinajstić information content (AvgIpc) is 2.62. The molecule has 0 bridgehead atoms. The minimum atomic E-state index is 0. The van der Waals surface area contributed by atoms with Gasteiger partial charge in [0.2, 0.25) is 0 Å². The summed E-state index contributed by atoms with van der Waals surface area (Å²) in [5, 5.41) is 0. The minimum absolute atomic E-state index is 0. The number of pyridine rings is 1. The van der Waals surface area contributed by atoms with E-state index >= 15 is 0 Å². The fourth-order valence-electron chi connectivity index (χ4n) is 2.78. The van der Waals surface area contributed by atoms with Gasteiger partial charge in [-0.15, -0.1) is 24.8 Å². The van der Waals surface area contributed by atoms with Crippen molar-refractivity contribution in [2.75, 3.05) is 37.7 Å². The smallest absolute Gasteiger partial charge is 0.255 e. The van der Waals surface area contributed by atoms with Gasteiger partial charge < -0.3 is 14.5 Å². The standard InChI is InChI=1S/C18H21N3O2.2ClH/c1-2-23-17-7-3-6-16(13-17)20-9-11-21(12-10-20)18(22)15-5-4-8-19-14-15;;/h3-8,13-14H,2,9-12H2,1H3;2*1H. The SMILES string of the molecule is CCOc1cccc(N2CCN(C(=O)c3cccnc3)CC2)c1.Cl.Cl. The van der Waals surface area contributed by atoms with E-state index in [2.05, 4.69) is 22.0 Å². The molecule has 0 atom stereocenters. The van der Waals surface area contributed by atoms with E-state index in [-0.39, 0.29) is 30.7 Å². The molecule has 0 N–H and O–H groups in total. The molecule has 1 aliphatic rings. The Bertz CT molecular complexity index is 662. The molecule has 2 heterocycles. The topological polar surface area (TPSA) is 45.7 Å². The van der Waals surface area contributed by atoms with Gasteiger partial charge in [0, 0.05) is 50.3 Å². The first-order chi connectivity index (χ1) is 11.3. The summed E-state index contributed by atoms with van der Waals surface area (Å²) in [6.07, 6.45) is 3.31. The third-order valence-corrected chi connectivity index (χ3v) is 3.97. The second-order valence-corrected chi connectivity index (χ2v) is 5.45. The number of hydrogen-bond donors (Lipinski definition) is 0. The number of carbonyl (C=O) groups excluding carboxylic acids is 1. The molecule has 1 amide bonds. The summed E-state index contributed by atoms with van der Waals surface area (Å²) in [4.78, 5) is 20.6. The monoisotopic (exact) mass is 383 g/mol. The van der Waals surface area contributed by atoms with Gasteiger partial charge in [-0.3, -0.25) is 9.78 Å². The quantitative estimate of drug-likeness (QED) is 0.812. The number of nitrogens with zero attached hydrogens (tertiary/aromatic N) is 3. The highest BCUT2D eigenvalue weighted by atomic mass is 35.5. The van der Waals surface area contributed by atoms with E-state index in [1.54, 1.807) is 18.5 Å². The van der Waals surface area contributed by atoms with E-state index in [1.165, 1.54) is 0 Å². The lowest BCUT2D eigenvalue weighted by atomic mass is 10.2. The lowest BCUT2D eigenvalue weighted by Gasteiger charge is -2.36. The number of benzene rings is 1. The highest BCUT2D eigenvalue weighted by Crippen LogP contribution is 2.22. The zero-order valence-electron chi connectivity index (χ0n) is 14.1. The van der Waals surface area contributed by atoms with E-state index in [4.69, 9.17) is 4.74 Å². The molecule has 0 aliphatic carbocycles. The molecule has 1 saturated heterocycles. The van der Waals surface area contributed by atoms with Crippen molar-refractivity contribution in [1.29, 1.82) is 0 Å². The summed E-state index contributed by atoms with van der Waals surface area (Å²) >= 11 is 0. The summed E-state index contributed by atoms with van der Waals surface area (Å²) < 4.78 is 5.56. The molecule has 5 nitrogen and oxygen atoms in total. The average molecular weight is 384 g/mol. The summed E-state index contributed by atoms with van der Waals surface area (Å²) in [6.45, 7) is 5.72. The van der Waals surface area contributed by atoms with Crippen LogP contribution in [0, 0.1) is 0 Å². The zero-order chi connectivity index (χ0) is 16.1. The first-order valence-corrected chi connectivity index (χ1v) is 7.95. The van der Waals surface area contributed by atoms with E-state index < -0.39 is 0 Å². The Morgan fingerprint density at radius 2 is 1.88 bits per heavy atom. The molecule has 1 aromatic heterocycles. The number of ether oxygens (including phenoxy) is 1. The van der Waals surface area contributed by atoms with Gasteiger partial charge in [0.1, 0.15) is 5.75 Å². The van der Waals surface area contributed by atoms with E-state index in [1.807, 2.05) is 30.0 Å². The lowest BCUT2D eigenvalue weighted by Crippen LogP contribution is -2.48. The van der Waals surface area contributed by atoms with E-state index in [9.17, 15) is 4.79 Å². The number of piperazine rings is 1. The van der Waals surface area contributed by atoms with Crippen molar-refractivity contribution in [2.24, 2.45) is 0 Å². The van der Waals surface area contributed by atoms with Gasteiger partial charge in [-0.05, 0) is 31.2 Å². The maximum absolute atomic E-state index is 12.4. The molecule has 2 aromatic rings. The summed E-state index contributed by atoms with van der Waals surface area (Å²) in [7, 11) is 0. The maximum atomic E-state index is 12.4. The van der Waals surface area contributed by atoms with Crippen molar-refractivity contribution >= 4 is 36.4 Å². The lowest BCUT2D eigenvalue weighted by molar-refractivity contribution is 0.0746. The number of rotatable bonds is 4. The van der Waals surface area contributed by atoms with Crippen LogP contribution in [0.3, 0.4) is 0 Å². The molecule has 0 spiro atoms. The van der Waals surface area contributed by atoms with Crippen LogP contribution in [0.1, 0.15) is 17.3 Å². The third-order valence-electron chi connectivity index (χ3n) is 3.97. The summed E-state index contributed by atoms with van der Waals surface area (Å²) in [5.74, 6) is 0.944. The Balaban J connectivity index is 0.00000156. The normalized spacial score (nSPS) is 13.5. The number of aromatic nitrogens is 1. The summed E-state index contributed by atoms with van der Waals surface area (Å²) in [6, 6.07) is 11.7. The van der Waals surface area contributed by atoms with Gasteiger partial charge in [0.25, 0.3) is 5.91 Å². The molecular formula is C18H23Cl2N3O2. The van der Waals surface area contributed by atoms with Crippen LogP contribution in [-0.2, 0) is 0 Å². The molecule has 1 aromatic carbocycles. The molecule has 0 saturated carbocycles. The number of amides is 1. The van der Waals surface area contributed by atoms with Crippen LogP contribution in [0.15, 0.2) is 48.8 Å². The Morgan fingerprint density at radius 1 is 1.12 bits per heavy atom. The third kappa shape index (κ3) is 5.25. The second kappa shape index (κ2) is 10.1. The maximum Gasteiger partial charge on any atom is 0.255 e. The fraction of sp³-hybridized carbons (Fsp3) is 0.333. The molecule has 1 fully saturated rings. The van der Waals surface area contributed by atoms with Crippen LogP contribution >= 0.6 is 24.8 Å². The van der Waals surface area contributed by atoms with Crippen molar-refractivity contribution in [3.05, 3.63) is 54.4 Å². The van der Waals surface area contributed by atoms with Crippen molar-refractivity contribution in [3.63, 3.8) is 0 Å². The highest BCUT2D eigenvalue weighted by molar-refractivity contribution is 5.94. The number of halogens is 2. The van der Waals surface area contributed by atoms with Crippen LogP contribution in [-0.4, -0.2) is 48.6 Å². The largest absolute Gasteiger partial charge is 0.494 e. The number of hydrogen-bond acceptors (Lipinski definition) is 4. The van der Waals surface area contributed by atoms with Crippen LogP contribution in [0.4, 0.5) is 5.69 Å². The molecule has 7 heteroatoms. The van der Waals surface area contributed by atoms with E-state index in [0.717, 1.165) is 24.5 Å². The predicted molar refractivity (Wildman–Crippen MR) is 104 cm³/mol. The summed E-state index contributed by atoms with van der Waals surface area (Å²) in [5.41, 5.74) is 1.80. The molecular weight excluding hydrogens is 361 g/mol. The molecule has 25 heavy (non-hydrogen) atoms. The Morgan fingerprint density at radius 3 is 2.52 bits per heavy atom. The van der Waals surface area contributed by atoms with Crippen molar-refractivity contribution < 1.29 is 9.53 Å². The van der Waals surface area contributed by atoms with Gasteiger partial charge in [-0.1, -0.05) is 6.07 Å². The van der Waals surface area contributed by atoms with Gasteiger partial charge >= 0.3 is 0 Å². The molecule has 3 rings (SSSR count). The second-order valence-electron chi connectivity index (χ2n) is 5.45. The zero-order valence-corrected chi connectivity index (χ0v) is 15.8. The van der Waals surface area contributed by atoms with Gasteiger partial charge in [0.05, 0.1) is 12.2 Å².